The van der Waals surface area contributed by atoms with Crippen LogP contribution in [-0.4, -0.2) is 16.8 Å². The molecule has 2 rings (SSSR count). The van der Waals surface area contributed by atoms with Crippen molar-refractivity contribution in [2.75, 3.05) is 7.05 Å². The molecular weight excluding hydrogens is 229 g/mol. The average Bonchev–Trinajstić information content (AvgIpc) is 2.59. The summed E-state index contributed by atoms with van der Waals surface area (Å²) in [4.78, 5) is 0. The molecule has 1 aromatic carbocycles. The molecule has 0 aliphatic rings. The Morgan fingerprint density at radius 1 is 1.28 bits per heavy atom. The van der Waals surface area contributed by atoms with Crippen molar-refractivity contribution in [2.24, 2.45) is 7.05 Å². The SMILES string of the molecule is CNC(c1ccccc1F)c1c(C)nn(C)c1C. The fraction of sp³-hybridized carbons (Fsp3) is 0.357. The maximum absolute atomic E-state index is 13.9. The van der Waals surface area contributed by atoms with Crippen LogP contribution in [0.25, 0.3) is 0 Å². The summed E-state index contributed by atoms with van der Waals surface area (Å²) in [5, 5.41) is 7.57. The molecule has 1 heterocycles. The molecule has 0 spiro atoms. The fourth-order valence-electron chi connectivity index (χ4n) is 2.37. The molecule has 0 saturated heterocycles. The number of aryl methyl sites for hydroxylation is 2. The predicted molar refractivity (Wildman–Crippen MR) is 70.0 cm³/mol. The van der Waals surface area contributed by atoms with Gasteiger partial charge in [-0.3, -0.25) is 4.68 Å². The Morgan fingerprint density at radius 2 is 1.94 bits per heavy atom. The summed E-state index contributed by atoms with van der Waals surface area (Å²) < 4.78 is 15.7. The quantitative estimate of drug-likeness (QED) is 0.903. The van der Waals surface area contributed by atoms with Crippen LogP contribution in [0.4, 0.5) is 4.39 Å². The van der Waals surface area contributed by atoms with E-state index in [-0.39, 0.29) is 11.9 Å². The molecule has 3 nitrogen and oxygen atoms in total. The first-order chi connectivity index (χ1) is 8.56. The van der Waals surface area contributed by atoms with Gasteiger partial charge in [0.05, 0.1) is 11.7 Å². The smallest absolute Gasteiger partial charge is 0.128 e. The molecule has 0 aliphatic carbocycles. The van der Waals surface area contributed by atoms with Gasteiger partial charge in [0.1, 0.15) is 5.82 Å². The van der Waals surface area contributed by atoms with Crippen molar-refractivity contribution in [1.82, 2.24) is 15.1 Å². The van der Waals surface area contributed by atoms with Gasteiger partial charge in [-0.25, -0.2) is 4.39 Å². The van der Waals surface area contributed by atoms with E-state index in [1.165, 1.54) is 6.07 Å². The third-order valence-corrected chi connectivity index (χ3v) is 3.36. The van der Waals surface area contributed by atoms with Crippen LogP contribution in [0.15, 0.2) is 24.3 Å². The second-order valence-corrected chi connectivity index (χ2v) is 4.45. The van der Waals surface area contributed by atoms with Gasteiger partial charge in [0.2, 0.25) is 0 Å². The van der Waals surface area contributed by atoms with Gasteiger partial charge in [0, 0.05) is 23.9 Å². The molecule has 0 bridgehead atoms. The van der Waals surface area contributed by atoms with Gasteiger partial charge in [-0.15, -0.1) is 0 Å². The summed E-state index contributed by atoms with van der Waals surface area (Å²) in [7, 11) is 3.74. The summed E-state index contributed by atoms with van der Waals surface area (Å²) in [5.41, 5.74) is 3.68. The van der Waals surface area contributed by atoms with Crippen molar-refractivity contribution < 1.29 is 4.39 Å². The van der Waals surface area contributed by atoms with Crippen LogP contribution in [0.1, 0.15) is 28.6 Å². The lowest BCUT2D eigenvalue weighted by Gasteiger charge is -2.18. The topological polar surface area (TPSA) is 29.9 Å². The van der Waals surface area contributed by atoms with Gasteiger partial charge in [-0.05, 0) is 27.0 Å². The Labute approximate surface area is 107 Å². The number of aromatic nitrogens is 2. The van der Waals surface area contributed by atoms with E-state index in [4.69, 9.17) is 0 Å². The van der Waals surface area contributed by atoms with Crippen LogP contribution >= 0.6 is 0 Å². The summed E-state index contributed by atoms with van der Waals surface area (Å²) in [6, 6.07) is 6.68. The van der Waals surface area contributed by atoms with E-state index in [9.17, 15) is 4.39 Å². The summed E-state index contributed by atoms with van der Waals surface area (Å²) in [6.45, 7) is 3.95. The van der Waals surface area contributed by atoms with E-state index in [0.717, 1.165) is 17.0 Å². The normalized spacial score (nSPS) is 12.7. The molecule has 1 N–H and O–H groups in total. The lowest BCUT2D eigenvalue weighted by molar-refractivity contribution is 0.574. The summed E-state index contributed by atoms with van der Waals surface area (Å²) >= 11 is 0. The van der Waals surface area contributed by atoms with Crippen LogP contribution in [-0.2, 0) is 7.05 Å². The van der Waals surface area contributed by atoms with Crippen LogP contribution < -0.4 is 5.32 Å². The summed E-state index contributed by atoms with van der Waals surface area (Å²) in [6.07, 6.45) is 0. The van der Waals surface area contributed by atoms with Gasteiger partial charge in [-0.1, -0.05) is 18.2 Å². The zero-order chi connectivity index (χ0) is 13.3. The Kier molecular flexibility index (Phi) is 3.48. The molecule has 4 heteroatoms. The molecule has 0 aliphatic heterocycles. The van der Waals surface area contributed by atoms with Crippen molar-refractivity contribution in [1.29, 1.82) is 0 Å². The van der Waals surface area contributed by atoms with E-state index in [0.29, 0.717) is 5.56 Å². The minimum absolute atomic E-state index is 0.167. The average molecular weight is 247 g/mol. The highest BCUT2D eigenvalue weighted by Gasteiger charge is 2.22. The third-order valence-electron chi connectivity index (χ3n) is 3.36. The van der Waals surface area contributed by atoms with Crippen molar-refractivity contribution in [3.8, 4) is 0 Å². The first kappa shape index (κ1) is 12.8. The molecule has 0 amide bonds. The van der Waals surface area contributed by atoms with Crippen molar-refractivity contribution in [3.63, 3.8) is 0 Å². The second-order valence-electron chi connectivity index (χ2n) is 4.45. The highest BCUT2D eigenvalue weighted by atomic mass is 19.1. The zero-order valence-corrected chi connectivity index (χ0v) is 11.2. The number of hydrogen-bond donors (Lipinski definition) is 1. The van der Waals surface area contributed by atoms with Crippen LogP contribution in [0.5, 0.6) is 0 Å². The van der Waals surface area contributed by atoms with Gasteiger partial charge in [-0.2, -0.15) is 5.10 Å². The molecule has 1 aromatic heterocycles. The maximum Gasteiger partial charge on any atom is 0.128 e. The molecular formula is C14H18FN3. The minimum atomic E-state index is -0.195. The van der Waals surface area contributed by atoms with Gasteiger partial charge in [0.15, 0.2) is 0 Å². The number of nitrogens with zero attached hydrogens (tertiary/aromatic N) is 2. The van der Waals surface area contributed by atoms with Gasteiger partial charge >= 0.3 is 0 Å². The Bertz CT molecular complexity index is 560. The van der Waals surface area contributed by atoms with E-state index >= 15 is 0 Å². The molecule has 1 unspecified atom stereocenters. The van der Waals surface area contributed by atoms with Crippen LogP contribution in [0.2, 0.25) is 0 Å². The number of nitrogens with one attached hydrogen (secondary N) is 1. The molecule has 96 valence electrons. The Hall–Kier alpha value is -1.68. The number of rotatable bonds is 3. The maximum atomic E-state index is 13.9. The van der Waals surface area contributed by atoms with Gasteiger partial charge < -0.3 is 5.32 Å². The van der Waals surface area contributed by atoms with E-state index in [1.54, 1.807) is 6.07 Å². The standard InChI is InChI=1S/C14H18FN3/c1-9-13(10(2)18(4)17-9)14(16-3)11-7-5-6-8-12(11)15/h5-8,14,16H,1-4H3. The van der Waals surface area contributed by atoms with Crippen LogP contribution in [0.3, 0.4) is 0 Å². The summed E-state index contributed by atoms with van der Waals surface area (Å²) in [5.74, 6) is -0.195. The molecule has 0 saturated carbocycles. The van der Waals surface area contributed by atoms with Crippen LogP contribution in [0, 0.1) is 19.7 Å². The first-order valence-electron chi connectivity index (χ1n) is 5.98. The molecule has 0 fully saturated rings. The molecule has 2 aromatic rings. The minimum Gasteiger partial charge on any atom is -0.309 e. The number of hydrogen-bond acceptors (Lipinski definition) is 2. The highest BCUT2D eigenvalue weighted by molar-refractivity contribution is 5.37. The van der Waals surface area contributed by atoms with Crippen molar-refractivity contribution in [2.45, 2.75) is 19.9 Å². The number of halogens is 1. The zero-order valence-electron chi connectivity index (χ0n) is 11.2. The van der Waals surface area contributed by atoms with E-state index in [1.807, 2.05) is 44.8 Å². The molecule has 18 heavy (non-hydrogen) atoms. The van der Waals surface area contributed by atoms with Crippen molar-refractivity contribution >= 4 is 0 Å². The van der Waals surface area contributed by atoms with Crippen molar-refractivity contribution in [3.05, 3.63) is 52.6 Å². The third kappa shape index (κ3) is 2.04. The monoisotopic (exact) mass is 247 g/mol. The second kappa shape index (κ2) is 4.90. The lowest BCUT2D eigenvalue weighted by atomic mass is 9.97. The van der Waals surface area contributed by atoms with E-state index in [2.05, 4.69) is 10.4 Å². The first-order valence-corrected chi connectivity index (χ1v) is 5.98. The fourth-order valence-corrected chi connectivity index (χ4v) is 2.37. The van der Waals surface area contributed by atoms with Gasteiger partial charge in [0.25, 0.3) is 0 Å². The Morgan fingerprint density at radius 3 is 2.44 bits per heavy atom. The lowest BCUT2D eigenvalue weighted by Crippen LogP contribution is -2.20. The van der Waals surface area contributed by atoms with E-state index < -0.39 is 0 Å². The largest absolute Gasteiger partial charge is 0.309 e. The number of benzene rings is 1. The Balaban J connectivity index is 2.56. The highest BCUT2D eigenvalue weighted by Crippen LogP contribution is 2.28. The molecule has 0 radical (unpaired) electrons. The predicted octanol–water partition coefficient (Wildman–Crippen LogP) is 2.48. The molecule has 1 atom stereocenters.